The fraction of sp³-hybridized carbons (Fsp3) is 0.500. The fourth-order valence-corrected chi connectivity index (χ4v) is 3.92. The molecule has 1 aromatic carbocycles. The Morgan fingerprint density at radius 3 is 2.70 bits per heavy atom. The van der Waals surface area contributed by atoms with E-state index in [1.807, 2.05) is 6.92 Å². The van der Waals surface area contributed by atoms with Gasteiger partial charge < -0.3 is 0 Å². The van der Waals surface area contributed by atoms with Gasteiger partial charge in [0.15, 0.2) is 0 Å². The molecule has 0 spiro atoms. The van der Waals surface area contributed by atoms with Crippen LogP contribution in [0.25, 0.3) is 0 Å². The summed E-state index contributed by atoms with van der Waals surface area (Å²) in [5.41, 5.74) is -0.726. The first-order chi connectivity index (χ1) is 9.32. The van der Waals surface area contributed by atoms with Gasteiger partial charge in [0.25, 0.3) is 0 Å². The van der Waals surface area contributed by atoms with Crippen LogP contribution < -0.4 is 0 Å². The number of nitro benzene ring substituents is 1. The lowest BCUT2D eigenvalue weighted by molar-refractivity contribution is -0.387. The molecule has 1 aliphatic rings. The van der Waals surface area contributed by atoms with E-state index in [2.05, 4.69) is 0 Å². The summed E-state index contributed by atoms with van der Waals surface area (Å²) < 4.78 is 39.6. The molecule has 1 heterocycles. The zero-order chi connectivity index (χ0) is 14.9. The Kier molecular flexibility index (Phi) is 4.05. The van der Waals surface area contributed by atoms with Crippen molar-refractivity contribution in [3.63, 3.8) is 0 Å². The molecule has 1 saturated heterocycles. The highest BCUT2D eigenvalue weighted by molar-refractivity contribution is 7.89. The normalized spacial score (nSPS) is 20.8. The summed E-state index contributed by atoms with van der Waals surface area (Å²) in [6.45, 7) is 2.74. The van der Waals surface area contributed by atoms with Gasteiger partial charge in [0, 0.05) is 25.2 Å². The molecule has 0 aromatic heterocycles. The molecule has 0 amide bonds. The molecule has 1 unspecified atom stereocenters. The van der Waals surface area contributed by atoms with Gasteiger partial charge in [-0.25, -0.2) is 8.42 Å². The number of nitro groups is 1. The predicted octanol–water partition coefficient (Wildman–Crippen LogP) is 2.15. The van der Waals surface area contributed by atoms with Crippen LogP contribution in [-0.2, 0) is 10.0 Å². The van der Waals surface area contributed by atoms with Crippen molar-refractivity contribution in [3.05, 3.63) is 34.1 Å². The Labute approximate surface area is 116 Å². The van der Waals surface area contributed by atoms with Crippen molar-refractivity contribution in [1.29, 1.82) is 0 Å². The first kappa shape index (κ1) is 14.9. The second-order valence-corrected chi connectivity index (χ2v) is 6.92. The molecule has 110 valence electrons. The highest BCUT2D eigenvalue weighted by Gasteiger charge is 2.30. The van der Waals surface area contributed by atoms with Gasteiger partial charge in [-0.2, -0.15) is 8.70 Å². The minimum atomic E-state index is -3.79. The molecule has 20 heavy (non-hydrogen) atoms. The molecule has 0 aliphatic carbocycles. The summed E-state index contributed by atoms with van der Waals surface area (Å²) in [6.07, 6.45) is 1.72. The first-order valence-corrected chi connectivity index (χ1v) is 7.70. The van der Waals surface area contributed by atoms with Gasteiger partial charge in [-0.15, -0.1) is 0 Å². The van der Waals surface area contributed by atoms with Crippen LogP contribution in [0, 0.1) is 21.8 Å². The Hall–Kier alpha value is -1.54. The third kappa shape index (κ3) is 2.80. The molecule has 0 N–H and O–H groups in total. The van der Waals surface area contributed by atoms with Gasteiger partial charge >= 0.3 is 5.69 Å². The zero-order valence-electron chi connectivity index (χ0n) is 11.0. The molecule has 1 fully saturated rings. The number of piperidine rings is 1. The predicted molar refractivity (Wildman–Crippen MR) is 70.2 cm³/mol. The van der Waals surface area contributed by atoms with Gasteiger partial charge in [0.05, 0.1) is 9.82 Å². The Bertz CT molecular complexity index is 632. The lowest BCUT2D eigenvalue weighted by atomic mass is 10.0. The molecular weight excluding hydrogens is 287 g/mol. The minimum absolute atomic E-state index is 0.241. The molecule has 8 heteroatoms. The third-order valence-electron chi connectivity index (χ3n) is 3.37. The summed E-state index contributed by atoms with van der Waals surface area (Å²) in [7, 11) is -3.79. The number of nitrogens with zero attached hydrogens (tertiary/aromatic N) is 2. The molecule has 0 radical (unpaired) electrons. The Balaban J connectivity index is 2.34. The van der Waals surface area contributed by atoms with Crippen molar-refractivity contribution in [2.45, 2.75) is 24.7 Å². The van der Waals surface area contributed by atoms with Gasteiger partial charge in [0.1, 0.15) is 0 Å². The fourth-order valence-electron chi connectivity index (χ4n) is 2.31. The maximum absolute atomic E-state index is 13.6. The second-order valence-electron chi connectivity index (χ2n) is 4.98. The standard InChI is InChI=1S/C12H15FN2O4S/c1-9-3-2-6-14(8-9)20(18,19)10-4-5-12(15(16)17)11(13)7-10/h4-5,7,9H,2-3,6,8H2,1H3. The molecule has 0 bridgehead atoms. The van der Waals surface area contributed by atoms with Crippen LogP contribution in [-0.4, -0.2) is 30.7 Å². The van der Waals surface area contributed by atoms with Crippen LogP contribution in [0.5, 0.6) is 0 Å². The SMILES string of the molecule is CC1CCCN(S(=O)(=O)c2ccc([N+](=O)[O-])c(F)c2)C1. The van der Waals surface area contributed by atoms with E-state index in [0.717, 1.165) is 25.0 Å². The summed E-state index contributed by atoms with van der Waals surface area (Å²) in [6, 6.07) is 2.68. The van der Waals surface area contributed by atoms with Crippen LogP contribution in [0.1, 0.15) is 19.8 Å². The summed E-state index contributed by atoms with van der Waals surface area (Å²) in [5, 5.41) is 10.5. The molecule has 1 atom stereocenters. The Morgan fingerprint density at radius 2 is 2.15 bits per heavy atom. The van der Waals surface area contributed by atoms with E-state index >= 15 is 0 Å². The monoisotopic (exact) mass is 302 g/mol. The third-order valence-corrected chi connectivity index (χ3v) is 5.23. The number of hydrogen-bond acceptors (Lipinski definition) is 4. The number of benzene rings is 1. The average Bonchev–Trinajstić information content (AvgIpc) is 2.38. The molecule has 1 aliphatic heterocycles. The van der Waals surface area contributed by atoms with E-state index in [0.29, 0.717) is 19.2 Å². The summed E-state index contributed by atoms with van der Waals surface area (Å²) >= 11 is 0. The van der Waals surface area contributed by atoms with Crippen molar-refractivity contribution < 1.29 is 17.7 Å². The molecule has 6 nitrogen and oxygen atoms in total. The Morgan fingerprint density at radius 1 is 1.45 bits per heavy atom. The van der Waals surface area contributed by atoms with Gasteiger partial charge in [-0.05, 0) is 24.8 Å². The molecule has 1 aromatic rings. The van der Waals surface area contributed by atoms with Gasteiger partial charge in [-0.3, -0.25) is 10.1 Å². The van der Waals surface area contributed by atoms with Crippen molar-refractivity contribution in [3.8, 4) is 0 Å². The van der Waals surface area contributed by atoms with Crippen LogP contribution in [0.2, 0.25) is 0 Å². The van der Waals surface area contributed by atoms with Crippen molar-refractivity contribution in [1.82, 2.24) is 4.31 Å². The maximum Gasteiger partial charge on any atom is 0.304 e. The molecular formula is C12H15FN2O4S. The molecule has 0 saturated carbocycles. The van der Waals surface area contributed by atoms with Crippen LogP contribution in [0.3, 0.4) is 0 Å². The number of hydrogen-bond donors (Lipinski definition) is 0. The number of halogens is 1. The van der Waals surface area contributed by atoms with Gasteiger partial charge in [0.2, 0.25) is 15.8 Å². The van der Waals surface area contributed by atoms with E-state index in [1.54, 1.807) is 0 Å². The maximum atomic E-state index is 13.6. The first-order valence-electron chi connectivity index (χ1n) is 6.26. The lowest BCUT2D eigenvalue weighted by Crippen LogP contribution is -2.39. The zero-order valence-corrected chi connectivity index (χ0v) is 11.8. The van der Waals surface area contributed by atoms with E-state index < -0.39 is 26.5 Å². The smallest absolute Gasteiger partial charge is 0.258 e. The second kappa shape index (κ2) is 5.45. The van der Waals surface area contributed by atoms with E-state index in [-0.39, 0.29) is 10.8 Å². The number of sulfonamides is 1. The highest BCUT2D eigenvalue weighted by Crippen LogP contribution is 2.26. The van der Waals surface area contributed by atoms with E-state index in [1.165, 1.54) is 4.31 Å². The van der Waals surface area contributed by atoms with Crippen molar-refractivity contribution >= 4 is 15.7 Å². The highest BCUT2D eigenvalue weighted by atomic mass is 32.2. The largest absolute Gasteiger partial charge is 0.304 e. The van der Waals surface area contributed by atoms with E-state index in [4.69, 9.17) is 0 Å². The van der Waals surface area contributed by atoms with Crippen LogP contribution >= 0.6 is 0 Å². The summed E-state index contributed by atoms with van der Waals surface area (Å²) in [5.74, 6) is -0.887. The number of rotatable bonds is 3. The van der Waals surface area contributed by atoms with Gasteiger partial charge in [-0.1, -0.05) is 6.92 Å². The minimum Gasteiger partial charge on any atom is -0.258 e. The van der Waals surface area contributed by atoms with E-state index in [9.17, 15) is 22.9 Å². The molecule has 2 rings (SSSR count). The van der Waals surface area contributed by atoms with Crippen LogP contribution in [0.15, 0.2) is 23.1 Å². The average molecular weight is 302 g/mol. The summed E-state index contributed by atoms with van der Waals surface area (Å²) in [4.78, 5) is 9.41. The lowest BCUT2D eigenvalue weighted by Gasteiger charge is -2.29. The van der Waals surface area contributed by atoms with Crippen molar-refractivity contribution in [2.24, 2.45) is 5.92 Å². The van der Waals surface area contributed by atoms with Crippen molar-refractivity contribution in [2.75, 3.05) is 13.1 Å². The quantitative estimate of drug-likeness (QED) is 0.633. The topological polar surface area (TPSA) is 80.5 Å². The van der Waals surface area contributed by atoms with Crippen LogP contribution in [0.4, 0.5) is 10.1 Å².